The molecule has 0 heterocycles. The molecule has 0 aromatic carbocycles. The predicted octanol–water partition coefficient (Wildman–Crippen LogP) is 4.16. The Bertz CT molecular complexity index is 231. The molecule has 3 fully saturated rings. The second-order valence-corrected chi connectivity index (χ2v) is 5.61. The number of alkyl halides is 3. The largest absolute Gasteiger partial charge is 0.395 e. The van der Waals surface area contributed by atoms with Gasteiger partial charge in [-0.2, -0.15) is 13.2 Å². The van der Waals surface area contributed by atoms with Gasteiger partial charge in [-0.15, -0.1) is 0 Å². The fourth-order valence-corrected chi connectivity index (χ4v) is 3.64. The Labute approximate surface area is 82.9 Å². The van der Waals surface area contributed by atoms with Crippen molar-refractivity contribution < 1.29 is 13.2 Å². The maximum absolute atomic E-state index is 13.1. The van der Waals surface area contributed by atoms with E-state index in [1.54, 1.807) is 13.8 Å². The molecule has 3 saturated carbocycles. The molecule has 2 bridgehead atoms. The molecule has 82 valence electrons. The van der Waals surface area contributed by atoms with E-state index in [9.17, 15) is 13.2 Å². The van der Waals surface area contributed by atoms with E-state index < -0.39 is 17.0 Å². The molecule has 0 saturated heterocycles. The quantitative estimate of drug-likeness (QED) is 0.558. The van der Waals surface area contributed by atoms with Crippen LogP contribution in [0, 0.1) is 16.7 Å². The van der Waals surface area contributed by atoms with E-state index in [0.717, 1.165) is 19.3 Å². The van der Waals surface area contributed by atoms with Crippen LogP contribution in [-0.4, -0.2) is 6.18 Å². The van der Waals surface area contributed by atoms with Crippen LogP contribution in [0.25, 0.3) is 0 Å². The molecule has 3 heteroatoms. The lowest BCUT2D eigenvalue weighted by Gasteiger charge is -2.57. The molecule has 0 unspecified atom stereocenters. The van der Waals surface area contributed by atoms with Crippen LogP contribution in [-0.2, 0) is 0 Å². The van der Waals surface area contributed by atoms with E-state index in [-0.39, 0.29) is 0 Å². The molecule has 14 heavy (non-hydrogen) atoms. The molecule has 0 spiro atoms. The molecule has 0 aliphatic heterocycles. The van der Waals surface area contributed by atoms with E-state index in [4.69, 9.17) is 0 Å². The predicted molar refractivity (Wildman–Crippen MR) is 48.8 cm³/mol. The topological polar surface area (TPSA) is 0 Å². The fraction of sp³-hybridized carbons (Fsp3) is 1.00. The van der Waals surface area contributed by atoms with Gasteiger partial charge in [-0.25, -0.2) is 0 Å². The zero-order chi connectivity index (χ0) is 10.6. The first-order valence-corrected chi connectivity index (χ1v) is 5.35. The van der Waals surface area contributed by atoms with Crippen molar-refractivity contribution >= 4 is 0 Å². The summed E-state index contributed by atoms with van der Waals surface area (Å²) in [5, 5.41) is 0. The molecule has 3 rings (SSSR count). The van der Waals surface area contributed by atoms with Crippen LogP contribution in [0.5, 0.6) is 0 Å². The van der Waals surface area contributed by atoms with Gasteiger partial charge in [0.1, 0.15) is 0 Å². The zero-order valence-corrected chi connectivity index (χ0v) is 8.75. The summed E-state index contributed by atoms with van der Waals surface area (Å²) in [6.07, 6.45) is -0.984. The van der Waals surface area contributed by atoms with Crippen LogP contribution in [0.2, 0.25) is 0 Å². The molecule has 0 radical (unpaired) electrons. The summed E-state index contributed by atoms with van der Waals surface area (Å²) in [7, 11) is 0. The number of hydrogen-bond acceptors (Lipinski definition) is 0. The molecule has 0 amide bonds. The van der Waals surface area contributed by atoms with Gasteiger partial charge in [0.25, 0.3) is 0 Å². The summed E-state index contributed by atoms with van der Waals surface area (Å²) >= 11 is 0. The van der Waals surface area contributed by atoms with E-state index in [0.29, 0.717) is 18.8 Å². The molecule has 0 atom stereocenters. The van der Waals surface area contributed by atoms with Crippen LogP contribution >= 0.6 is 0 Å². The van der Waals surface area contributed by atoms with Crippen molar-refractivity contribution in [3.8, 4) is 0 Å². The van der Waals surface area contributed by atoms with Gasteiger partial charge in [-0.05, 0) is 43.4 Å². The molecule has 0 aromatic heterocycles. The first-order chi connectivity index (χ1) is 6.29. The Kier molecular flexibility index (Phi) is 1.97. The molecule has 0 N–H and O–H groups in total. The van der Waals surface area contributed by atoms with Crippen molar-refractivity contribution in [3.05, 3.63) is 0 Å². The van der Waals surface area contributed by atoms with Crippen LogP contribution in [0.15, 0.2) is 0 Å². The first kappa shape index (κ1) is 10.3. The average molecular weight is 206 g/mol. The maximum atomic E-state index is 13.1. The zero-order valence-electron chi connectivity index (χ0n) is 8.75. The van der Waals surface area contributed by atoms with Crippen molar-refractivity contribution in [1.29, 1.82) is 0 Å². The van der Waals surface area contributed by atoms with Crippen LogP contribution in [0.3, 0.4) is 0 Å². The van der Waals surface area contributed by atoms with Crippen molar-refractivity contribution in [3.63, 3.8) is 0 Å². The third-order valence-corrected chi connectivity index (χ3v) is 4.60. The van der Waals surface area contributed by atoms with E-state index >= 15 is 0 Å². The van der Waals surface area contributed by atoms with E-state index in [2.05, 4.69) is 0 Å². The van der Waals surface area contributed by atoms with Gasteiger partial charge >= 0.3 is 6.18 Å². The highest BCUT2D eigenvalue weighted by Gasteiger charge is 2.66. The minimum atomic E-state index is -4.01. The van der Waals surface area contributed by atoms with Gasteiger partial charge in [0.05, 0.1) is 5.41 Å². The maximum Gasteiger partial charge on any atom is 0.395 e. The minimum absolute atomic E-state index is 0.355. The summed E-state index contributed by atoms with van der Waals surface area (Å²) in [5.41, 5.74) is -1.93. The number of fused-ring (bicyclic) bond motifs is 3. The lowest BCUT2D eigenvalue weighted by Crippen LogP contribution is -2.56. The second-order valence-electron chi connectivity index (χ2n) is 5.61. The first-order valence-electron chi connectivity index (χ1n) is 5.35. The van der Waals surface area contributed by atoms with Gasteiger partial charge in [0, 0.05) is 0 Å². The van der Waals surface area contributed by atoms with Gasteiger partial charge in [-0.1, -0.05) is 13.8 Å². The van der Waals surface area contributed by atoms with Crippen molar-refractivity contribution in [1.82, 2.24) is 0 Å². The lowest BCUT2D eigenvalue weighted by molar-refractivity contribution is -0.293. The fourth-order valence-electron chi connectivity index (χ4n) is 3.64. The minimum Gasteiger partial charge on any atom is -0.170 e. The lowest BCUT2D eigenvalue weighted by atomic mass is 9.48. The molecular weight excluding hydrogens is 189 g/mol. The van der Waals surface area contributed by atoms with Crippen molar-refractivity contribution in [2.75, 3.05) is 0 Å². The summed E-state index contributed by atoms with van der Waals surface area (Å²) in [4.78, 5) is 0. The Morgan fingerprint density at radius 3 is 1.86 bits per heavy atom. The van der Waals surface area contributed by atoms with Crippen molar-refractivity contribution in [2.45, 2.75) is 52.1 Å². The summed E-state index contributed by atoms with van der Waals surface area (Å²) < 4.78 is 39.4. The SMILES string of the molecule is CC1(C)CC2CCC1(C(F)(F)F)CC2. The number of hydrogen-bond donors (Lipinski definition) is 0. The molecule has 3 aliphatic rings. The number of halogens is 3. The van der Waals surface area contributed by atoms with Crippen molar-refractivity contribution in [2.24, 2.45) is 16.7 Å². The smallest absolute Gasteiger partial charge is 0.170 e. The summed E-state index contributed by atoms with van der Waals surface area (Å²) in [6.45, 7) is 3.59. The average Bonchev–Trinajstić information content (AvgIpc) is 2.01. The van der Waals surface area contributed by atoms with Crippen LogP contribution < -0.4 is 0 Å². The van der Waals surface area contributed by atoms with Crippen LogP contribution in [0.4, 0.5) is 13.2 Å². The van der Waals surface area contributed by atoms with Gasteiger partial charge < -0.3 is 0 Å². The van der Waals surface area contributed by atoms with E-state index in [1.165, 1.54) is 0 Å². The normalized spacial score (nSPS) is 41.4. The van der Waals surface area contributed by atoms with Gasteiger partial charge in [0.15, 0.2) is 0 Å². The monoisotopic (exact) mass is 206 g/mol. The molecular formula is C11H17F3. The number of rotatable bonds is 0. The van der Waals surface area contributed by atoms with E-state index in [1.807, 2.05) is 0 Å². The Morgan fingerprint density at radius 1 is 1.07 bits per heavy atom. The third-order valence-electron chi connectivity index (χ3n) is 4.60. The van der Waals surface area contributed by atoms with Gasteiger partial charge in [0.2, 0.25) is 0 Å². The standard InChI is InChI=1S/C11H17F3/c1-9(2)7-8-3-5-10(9,6-4-8)11(12,13)14/h8H,3-7H2,1-2H3. The summed E-state index contributed by atoms with van der Waals surface area (Å²) in [6, 6.07) is 0. The molecule has 0 aromatic rings. The second kappa shape index (κ2) is 2.67. The molecule has 3 aliphatic carbocycles. The molecule has 0 nitrogen and oxygen atoms in total. The Balaban J connectivity index is 2.39. The van der Waals surface area contributed by atoms with Crippen LogP contribution in [0.1, 0.15) is 46.0 Å². The third kappa shape index (κ3) is 1.13. The highest BCUT2D eigenvalue weighted by molar-refractivity contribution is 5.06. The highest BCUT2D eigenvalue weighted by atomic mass is 19.4. The Hall–Kier alpha value is -0.210. The highest BCUT2D eigenvalue weighted by Crippen LogP contribution is 2.66. The van der Waals surface area contributed by atoms with Gasteiger partial charge in [-0.3, -0.25) is 0 Å². The summed E-state index contributed by atoms with van der Waals surface area (Å²) in [5.74, 6) is 0.550. The Morgan fingerprint density at radius 2 is 1.57 bits per heavy atom.